The predicted molar refractivity (Wildman–Crippen MR) is 125 cm³/mol. The number of halogens is 1. The van der Waals surface area contributed by atoms with Gasteiger partial charge in [-0.1, -0.05) is 12.1 Å². The van der Waals surface area contributed by atoms with Crippen molar-refractivity contribution in [2.24, 2.45) is 0 Å². The van der Waals surface area contributed by atoms with Gasteiger partial charge in [0.15, 0.2) is 0 Å². The third kappa shape index (κ3) is 4.91. The molecule has 0 spiro atoms. The van der Waals surface area contributed by atoms with Gasteiger partial charge in [0.1, 0.15) is 23.1 Å². The number of carbonyl (C=O) groups excluding carboxylic acids is 1. The standard InChI is InChI=1S/C25H22FN5O2/c26-18-4-1-3-17(13-18)25(32)29-19-5-2-6-20(14-19)33-21-7-8-22-23(15-21)30-24(16-28-22)31-11-9-27-10-12-31/h1-8,13-16,27H,9-12H2,(H,29,32). The van der Waals surface area contributed by atoms with Gasteiger partial charge in [0.05, 0.1) is 17.2 Å². The van der Waals surface area contributed by atoms with E-state index in [0.29, 0.717) is 17.2 Å². The average Bonchev–Trinajstić information content (AvgIpc) is 2.84. The smallest absolute Gasteiger partial charge is 0.255 e. The van der Waals surface area contributed by atoms with Gasteiger partial charge in [0.2, 0.25) is 0 Å². The summed E-state index contributed by atoms with van der Waals surface area (Å²) in [7, 11) is 0. The number of anilines is 2. The fourth-order valence-electron chi connectivity index (χ4n) is 3.70. The van der Waals surface area contributed by atoms with Crippen LogP contribution in [0.2, 0.25) is 0 Å². The maximum absolute atomic E-state index is 13.4. The molecule has 1 amide bonds. The molecule has 1 saturated heterocycles. The Morgan fingerprint density at radius 2 is 1.79 bits per heavy atom. The van der Waals surface area contributed by atoms with Crippen LogP contribution in [0.25, 0.3) is 11.0 Å². The largest absolute Gasteiger partial charge is 0.457 e. The lowest BCUT2D eigenvalue weighted by molar-refractivity contribution is 0.102. The number of piperazine rings is 1. The number of benzene rings is 3. The minimum atomic E-state index is -0.459. The van der Waals surface area contributed by atoms with Gasteiger partial charge in [0.25, 0.3) is 5.91 Å². The van der Waals surface area contributed by atoms with Crippen molar-refractivity contribution in [3.8, 4) is 11.5 Å². The van der Waals surface area contributed by atoms with E-state index < -0.39 is 11.7 Å². The zero-order chi connectivity index (χ0) is 22.6. The first-order chi connectivity index (χ1) is 16.1. The highest BCUT2D eigenvalue weighted by Gasteiger charge is 2.13. The first-order valence-electron chi connectivity index (χ1n) is 10.7. The molecule has 2 heterocycles. The molecule has 0 aliphatic carbocycles. The van der Waals surface area contributed by atoms with Crippen LogP contribution in [0.15, 0.2) is 72.9 Å². The van der Waals surface area contributed by atoms with Gasteiger partial charge in [-0.05, 0) is 42.5 Å². The minimum absolute atomic E-state index is 0.245. The molecule has 8 heteroatoms. The summed E-state index contributed by atoms with van der Waals surface area (Å²) in [5.41, 5.74) is 2.33. The normalized spacial score (nSPS) is 13.7. The van der Waals surface area contributed by atoms with Crippen LogP contribution in [0.4, 0.5) is 15.9 Å². The number of nitrogens with one attached hydrogen (secondary N) is 2. The molecule has 166 valence electrons. The van der Waals surface area contributed by atoms with Crippen molar-refractivity contribution >= 4 is 28.4 Å². The number of aromatic nitrogens is 2. The molecule has 3 aromatic carbocycles. The molecule has 33 heavy (non-hydrogen) atoms. The second kappa shape index (κ2) is 9.22. The maximum atomic E-state index is 13.4. The Labute approximate surface area is 190 Å². The van der Waals surface area contributed by atoms with E-state index in [1.807, 2.05) is 18.2 Å². The fraction of sp³-hybridized carbons (Fsp3) is 0.160. The third-order valence-corrected chi connectivity index (χ3v) is 5.36. The maximum Gasteiger partial charge on any atom is 0.255 e. The lowest BCUT2D eigenvalue weighted by Gasteiger charge is -2.28. The Balaban J connectivity index is 1.33. The van der Waals surface area contributed by atoms with E-state index in [2.05, 4.69) is 20.5 Å². The van der Waals surface area contributed by atoms with E-state index in [4.69, 9.17) is 9.72 Å². The van der Waals surface area contributed by atoms with Gasteiger partial charge in [-0.3, -0.25) is 9.78 Å². The summed E-state index contributed by atoms with van der Waals surface area (Å²) >= 11 is 0. The van der Waals surface area contributed by atoms with Crippen LogP contribution in [0.5, 0.6) is 11.5 Å². The van der Waals surface area contributed by atoms with E-state index in [9.17, 15) is 9.18 Å². The first-order valence-corrected chi connectivity index (χ1v) is 10.7. The van der Waals surface area contributed by atoms with E-state index >= 15 is 0 Å². The van der Waals surface area contributed by atoms with E-state index in [-0.39, 0.29) is 5.56 Å². The predicted octanol–water partition coefficient (Wildman–Crippen LogP) is 4.22. The van der Waals surface area contributed by atoms with Gasteiger partial charge < -0.3 is 20.3 Å². The lowest BCUT2D eigenvalue weighted by Crippen LogP contribution is -2.43. The monoisotopic (exact) mass is 443 g/mol. The highest BCUT2D eigenvalue weighted by Crippen LogP contribution is 2.27. The molecule has 2 N–H and O–H groups in total. The molecule has 1 fully saturated rings. The Morgan fingerprint density at radius 1 is 0.970 bits per heavy atom. The van der Waals surface area contributed by atoms with Crippen LogP contribution in [0, 0.1) is 5.82 Å². The molecule has 0 saturated carbocycles. The van der Waals surface area contributed by atoms with E-state index in [0.717, 1.165) is 43.0 Å². The number of fused-ring (bicyclic) bond motifs is 1. The summed E-state index contributed by atoms with van der Waals surface area (Å²) in [5.74, 6) is 1.16. The molecule has 0 bridgehead atoms. The summed E-state index contributed by atoms with van der Waals surface area (Å²) in [4.78, 5) is 23.9. The first kappa shape index (κ1) is 20.8. The molecule has 0 radical (unpaired) electrons. The molecule has 0 atom stereocenters. The number of rotatable bonds is 5. The summed E-state index contributed by atoms with van der Waals surface area (Å²) in [6.45, 7) is 3.64. The van der Waals surface area contributed by atoms with Crippen molar-refractivity contribution in [1.82, 2.24) is 15.3 Å². The van der Waals surface area contributed by atoms with Gasteiger partial charge in [-0.25, -0.2) is 9.37 Å². The number of ether oxygens (including phenoxy) is 1. The number of amides is 1. The van der Waals surface area contributed by atoms with Crippen molar-refractivity contribution in [3.05, 3.63) is 84.3 Å². The topological polar surface area (TPSA) is 79.4 Å². The number of carbonyl (C=O) groups is 1. The van der Waals surface area contributed by atoms with Gasteiger partial charge >= 0.3 is 0 Å². The lowest BCUT2D eigenvalue weighted by atomic mass is 10.2. The van der Waals surface area contributed by atoms with Crippen molar-refractivity contribution in [3.63, 3.8) is 0 Å². The Bertz CT molecular complexity index is 1310. The van der Waals surface area contributed by atoms with Crippen LogP contribution in [0.1, 0.15) is 10.4 Å². The third-order valence-electron chi connectivity index (χ3n) is 5.36. The molecular weight excluding hydrogens is 421 g/mol. The van der Waals surface area contributed by atoms with Crippen LogP contribution in [0.3, 0.4) is 0 Å². The second-order valence-corrected chi connectivity index (χ2v) is 7.71. The number of hydrogen-bond donors (Lipinski definition) is 2. The Morgan fingerprint density at radius 3 is 2.64 bits per heavy atom. The minimum Gasteiger partial charge on any atom is -0.457 e. The highest BCUT2D eigenvalue weighted by atomic mass is 19.1. The van der Waals surface area contributed by atoms with Crippen molar-refractivity contribution in [2.45, 2.75) is 0 Å². The summed E-state index contributed by atoms with van der Waals surface area (Å²) < 4.78 is 19.4. The zero-order valence-electron chi connectivity index (χ0n) is 17.8. The Kier molecular flexibility index (Phi) is 5.82. The molecule has 1 aliphatic heterocycles. The van der Waals surface area contributed by atoms with Crippen LogP contribution < -0.4 is 20.3 Å². The van der Waals surface area contributed by atoms with Gasteiger partial charge in [0, 0.05) is 49.6 Å². The van der Waals surface area contributed by atoms with Crippen LogP contribution in [-0.2, 0) is 0 Å². The van der Waals surface area contributed by atoms with Crippen molar-refractivity contribution < 1.29 is 13.9 Å². The van der Waals surface area contributed by atoms with Crippen molar-refractivity contribution in [1.29, 1.82) is 0 Å². The van der Waals surface area contributed by atoms with Crippen LogP contribution in [-0.4, -0.2) is 42.1 Å². The molecule has 1 aromatic heterocycles. The van der Waals surface area contributed by atoms with E-state index in [1.54, 1.807) is 36.5 Å². The SMILES string of the molecule is O=C(Nc1cccc(Oc2ccc3ncc(N4CCNCC4)nc3c2)c1)c1cccc(F)c1. The number of hydrogen-bond acceptors (Lipinski definition) is 6. The number of nitrogens with zero attached hydrogens (tertiary/aromatic N) is 3. The zero-order valence-corrected chi connectivity index (χ0v) is 17.8. The Hall–Kier alpha value is -4.04. The molecule has 4 aromatic rings. The highest BCUT2D eigenvalue weighted by molar-refractivity contribution is 6.04. The molecule has 0 unspecified atom stereocenters. The molecule has 5 rings (SSSR count). The van der Waals surface area contributed by atoms with E-state index in [1.165, 1.54) is 18.2 Å². The molecule has 7 nitrogen and oxygen atoms in total. The van der Waals surface area contributed by atoms with Crippen molar-refractivity contribution in [2.75, 3.05) is 36.4 Å². The molecule has 1 aliphatic rings. The fourth-order valence-corrected chi connectivity index (χ4v) is 3.70. The quantitative estimate of drug-likeness (QED) is 0.481. The van der Waals surface area contributed by atoms with Crippen LogP contribution >= 0.6 is 0 Å². The summed E-state index contributed by atoms with van der Waals surface area (Å²) in [6.07, 6.45) is 1.80. The van der Waals surface area contributed by atoms with Gasteiger partial charge in [-0.2, -0.15) is 0 Å². The average molecular weight is 443 g/mol. The summed E-state index contributed by atoms with van der Waals surface area (Å²) in [6, 6.07) is 18.1. The van der Waals surface area contributed by atoms with Gasteiger partial charge in [-0.15, -0.1) is 0 Å². The molecular formula is C25H22FN5O2. The summed E-state index contributed by atoms with van der Waals surface area (Å²) in [5, 5.41) is 6.10. The second-order valence-electron chi connectivity index (χ2n) is 7.71.